The van der Waals surface area contributed by atoms with E-state index >= 15 is 0 Å². The number of rotatable bonds is 5. The fourth-order valence-electron chi connectivity index (χ4n) is 3.74. The summed E-state index contributed by atoms with van der Waals surface area (Å²) in [6, 6.07) is 22.8. The number of aromatic nitrogens is 1. The molecule has 0 spiro atoms. The highest BCUT2D eigenvalue weighted by Gasteiger charge is 2.18. The van der Waals surface area contributed by atoms with Gasteiger partial charge in [0.15, 0.2) is 0 Å². The summed E-state index contributed by atoms with van der Waals surface area (Å²) in [6.07, 6.45) is 2.00. The van der Waals surface area contributed by atoms with Crippen molar-refractivity contribution in [2.75, 3.05) is 0 Å². The number of hydrogen-bond donors (Lipinski definition) is 1. The van der Waals surface area contributed by atoms with Gasteiger partial charge in [-0.1, -0.05) is 66.2 Å². The van der Waals surface area contributed by atoms with Crippen LogP contribution in [0.25, 0.3) is 10.9 Å². The van der Waals surface area contributed by atoms with Crippen LogP contribution in [0.4, 0.5) is 0 Å². The summed E-state index contributed by atoms with van der Waals surface area (Å²) < 4.78 is 1.86. The van der Waals surface area contributed by atoms with Crippen LogP contribution >= 0.6 is 11.6 Å². The minimum Gasteiger partial charge on any atom is -0.477 e. The van der Waals surface area contributed by atoms with Gasteiger partial charge in [-0.3, -0.25) is 4.79 Å². The van der Waals surface area contributed by atoms with Crippen molar-refractivity contribution >= 4 is 28.5 Å². The van der Waals surface area contributed by atoms with Gasteiger partial charge in [0.2, 0.25) is 5.43 Å². The molecular formula is C25H20ClNO3. The van der Waals surface area contributed by atoms with Crippen LogP contribution in [-0.2, 0) is 6.42 Å². The highest BCUT2D eigenvalue weighted by Crippen LogP contribution is 2.25. The van der Waals surface area contributed by atoms with Gasteiger partial charge in [-0.2, -0.15) is 0 Å². The highest BCUT2D eigenvalue weighted by atomic mass is 35.5. The van der Waals surface area contributed by atoms with Gasteiger partial charge in [-0.05, 0) is 48.2 Å². The number of benzene rings is 3. The molecule has 0 bridgehead atoms. The lowest BCUT2D eigenvalue weighted by molar-refractivity contribution is 0.0694. The molecule has 0 aliphatic rings. The third-order valence-corrected chi connectivity index (χ3v) is 5.75. The van der Waals surface area contributed by atoms with Gasteiger partial charge >= 0.3 is 5.97 Å². The van der Waals surface area contributed by atoms with E-state index in [2.05, 4.69) is 0 Å². The molecule has 0 fully saturated rings. The van der Waals surface area contributed by atoms with E-state index in [4.69, 9.17) is 11.6 Å². The number of nitrogens with zero attached hydrogens (tertiary/aromatic N) is 1. The third-order valence-electron chi connectivity index (χ3n) is 5.38. The minimum atomic E-state index is -1.23. The minimum absolute atomic E-state index is 0.137. The smallest absolute Gasteiger partial charge is 0.341 e. The molecule has 4 nitrogen and oxygen atoms in total. The maximum atomic E-state index is 12.9. The van der Waals surface area contributed by atoms with Crippen LogP contribution in [0.5, 0.6) is 0 Å². The van der Waals surface area contributed by atoms with Gasteiger partial charge in [0.05, 0.1) is 11.6 Å². The molecule has 4 aromatic rings. The van der Waals surface area contributed by atoms with E-state index in [0.717, 1.165) is 16.7 Å². The molecule has 0 radical (unpaired) electrons. The second-order valence-corrected chi connectivity index (χ2v) is 7.70. The Bertz CT molecular complexity index is 1300. The lowest BCUT2D eigenvalue weighted by Crippen LogP contribution is -2.21. The Balaban J connectivity index is 1.89. The molecule has 30 heavy (non-hydrogen) atoms. The number of carboxylic acids is 1. The lowest BCUT2D eigenvalue weighted by atomic mass is 10.0. The van der Waals surface area contributed by atoms with Gasteiger partial charge in [-0.15, -0.1) is 0 Å². The van der Waals surface area contributed by atoms with Crippen LogP contribution < -0.4 is 5.43 Å². The molecule has 3 aromatic carbocycles. The normalized spacial score (nSPS) is 12.1. The van der Waals surface area contributed by atoms with E-state index in [-0.39, 0.29) is 11.6 Å². The molecule has 1 unspecified atom stereocenters. The summed E-state index contributed by atoms with van der Waals surface area (Å²) in [5.41, 5.74) is 2.86. The van der Waals surface area contributed by atoms with Crippen LogP contribution in [0, 0.1) is 0 Å². The van der Waals surface area contributed by atoms with Crippen molar-refractivity contribution in [2.24, 2.45) is 0 Å². The molecule has 5 heteroatoms. The number of hydrogen-bond acceptors (Lipinski definition) is 2. The van der Waals surface area contributed by atoms with E-state index in [1.54, 1.807) is 6.07 Å². The molecule has 1 heterocycles. The molecule has 0 saturated heterocycles. The Morgan fingerprint density at radius 1 is 1.03 bits per heavy atom. The van der Waals surface area contributed by atoms with Gasteiger partial charge in [0, 0.05) is 16.6 Å². The van der Waals surface area contributed by atoms with Crippen molar-refractivity contribution in [2.45, 2.75) is 19.4 Å². The third kappa shape index (κ3) is 3.74. The first-order valence-electron chi connectivity index (χ1n) is 9.65. The molecule has 0 saturated carbocycles. The molecule has 1 atom stereocenters. The fraction of sp³-hybridized carbons (Fsp3) is 0.120. The summed E-state index contributed by atoms with van der Waals surface area (Å²) in [5.74, 6) is -1.23. The monoisotopic (exact) mass is 417 g/mol. The Morgan fingerprint density at radius 3 is 2.43 bits per heavy atom. The van der Waals surface area contributed by atoms with Crippen LogP contribution in [0.2, 0.25) is 5.02 Å². The summed E-state index contributed by atoms with van der Waals surface area (Å²) >= 11 is 6.28. The molecule has 0 amide bonds. The van der Waals surface area contributed by atoms with E-state index in [1.165, 1.54) is 6.20 Å². The van der Waals surface area contributed by atoms with Crippen molar-refractivity contribution in [1.29, 1.82) is 0 Å². The molecule has 0 aliphatic carbocycles. The lowest BCUT2D eigenvalue weighted by Gasteiger charge is -2.20. The van der Waals surface area contributed by atoms with Gasteiger partial charge < -0.3 is 9.67 Å². The Kier molecular flexibility index (Phi) is 5.42. The topological polar surface area (TPSA) is 59.3 Å². The second-order valence-electron chi connectivity index (χ2n) is 7.29. The van der Waals surface area contributed by atoms with Crippen LogP contribution in [-0.4, -0.2) is 15.6 Å². The molecule has 4 rings (SSSR count). The second kappa shape index (κ2) is 8.17. The maximum Gasteiger partial charge on any atom is 0.341 e. The predicted octanol–water partition coefficient (Wildman–Crippen LogP) is 5.55. The van der Waals surface area contributed by atoms with Gasteiger partial charge in [-0.25, -0.2) is 4.79 Å². The quantitative estimate of drug-likeness (QED) is 0.463. The number of carboxylic acid groups (broad SMARTS) is 1. The highest BCUT2D eigenvalue weighted by molar-refractivity contribution is 6.31. The first-order valence-corrected chi connectivity index (χ1v) is 10.0. The molecule has 0 aliphatic heterocycles. The average Bonchev–Trinajstić information content (AvgIpc) is 2.76. The van der Waals surface area contributed by atoms with Gasteiger partial charge in [0.25, 0.3) is 0 Å². The Hall–Kier alpha value is -3.37. The number of fused-ring (bicyclic) bond motifs is 1. The first kappa shape index (κ1) is 19.9. The van der Waals surface area contributed by atoms with Crippen LogP contribution in [0.15, 0.2) is 83.8 Å². The maximum absolute atomic E-state index is 12.9. The van der Waals surface area contributed by atoms with Crippen molar-refractivity contribution in [3.8, 4) is 0 Å². The van der Waals surface area contributed by atoms with E-state index in [1.807, 2.05) is 78.2 Å². The Labute approximate surface area is 179 Å². The summed E-state index contributed by atoms with van der Waals surface area (Å²) in [7, 11) is 0. The number of pyridine rings is 1. The van der Waals surface area contributed by atoms with E-state index < -0.39 is 11.4 Å². The first-order chi connectivity index (χ1) is 14.5. The number of aromatic carboxylic acids is 1. The molecular weight excluding hydrogens is 398 g/mol. The largest absolute Gasteiger partial charge is 0.477 e. The van der Waals surface area contributed by atoms with Crippen LogP contribution in [0.1, 0.15) is 40.0 Å². The van der Waals surface area contributed by atoms with Crippen molar-refractivity contribution < 1.29 is 9.90 Å². The fourth-order valence-corrected chi connectivity index (χ4v) is 3.94. The molecule has 150 valence electrons. The zero-order valence-electron chi connectivity index (χ0n) is 16.4. The van der Waals surface area contributed by atoms with Crippen molar-refractivity contribution in [3.05, 3.63) is 116 Å². The SMILES string of the molecule is CC(c1ccccc1)n1cc(C(=O)O)c(=O)c2cc(Cc3ccccc3Cl)ccc21. The zero-order chi connectivity index (χ0) is 21.3. The zero-order valence-corrected chi connectivity index (χ0v) is 17.1. The predicted molar refractivity (Wildman–Crippen MR) is 120 cm³/mol. The number of halogens is 1. The van der Waals surface area contributed by atoms with Crippen molar-refractivity contribution in [1.82, 2.24) is 4.57 Å². The van der Waals surface area contributed by atoms with Crippen molar-refractivity contribution in [3.63, 3.8) is 0 Å². The van der Waals surface area contributed by atoms with E-state index in [0.29, 0.717) is 22.3 Å². The average molecular weight is 418 g/mol. The number of carbonyl (C=O) groups is 1. The summed E-state index contributed by atoms with van der Waals surface area (Å²) in [4.78, 5) is 24.7. The van der Waals surface area contributed by atoms with E-state index in [9.17, 15) is 14.7 Å². The molecule has 1 aromatic heterocycles. The Morgan fingerprint density at radius 2 is 1.73 bits per heavy atom. The summed E-state index contributed by atoms with van der Waals surface area (Å²) in [5, 5.41) is 10.7. The molecule has 1 N–H and O–H groups in total. The summed E-state index contributed by atoms with van der Waals surface area (Å²) in [6.45, 7) is 1.99. The standard InChI is InChI=1S/C25H20ClNO3/c1-16(18-7-3-2-4-8-18)27-15-21(25(29)30)24(28)20-14-17(11-12-23(20)27)13-19-9-5-6-10-22(19)26/h2-12,14-16H,13H2,1H3,(H,29,30). The van der Waals surface area contributed by atoms with Crippen LogP contribution in [0.3, 0.4) is 0 Å². The van der Waals surface area contributed by atoms with Gasteiger partial charge in [0.1, 0.15) is 5.56 Å².